The molecule has 0 bridgehead atoms. The van der Waals surface area contributed by atoms with Gasteiger partial charge in [0.05, 0.1) is 10.5 Å². The Hall–Kier alpha value is -2.22. The van der Waals surface area contributed by atoms with Gasteiger partial charge in [-0.15, -0.1) is 0 Å². The molecule has 0 saturated heterocycles. The summed E-state index contributed by atoms with van der Waals surface area (Å²) in [5.74, 6) is -3.08. The van der Waals surface area contributed by atoms with Crippen molar-refractivity contribution in [2.45, 2.75) is 18.7 Å². The second kappa shape index (κ2) is 5.19. The highest BCUT2D eigenvalue weighted by molar-refractivity contribution is 7.90. The Bertz CT molecular complexity index is 618. The molecule has 0 aromatic heterocycles. The molecule has 102 valence electrons. The lowest BCUT2D eigenvalue weighted by Crippen LogP contribution is -2.38. The SMILES string of the molecule is CC(=O)N(C(C)=O)S(=O)(=O)c1ccc(C(=O)O)cc1. The third-order valence-electron chi connectivity index (χ3n) is 2.21. The number of amides is 2. The molecule has 19 heavy (non-hydrogen) atoms. The standard InChI is InChI=1S/C11H11NO6S/c1-7(13)12(8(2)14)19(17,18)10-5-3-9(4-6-10)11(15)16/h3-6H,1-2H3,(H,15,16). The Morgan fingerprint density at radius 1 is 1.00 bits per heavy atom. The van der Waals surface area contributed by atoms with E-state index in [-0.39, 0.29) is 14.8 Å². The molecule has 0 unspecified atom stereocenters. The summed E-state index contributed by atoms with van der Waals surface area (Å²) in [6.45, 7) is 1.90. The zero-order valence-electron chi connectivity index (χ0n) is 10.2. The molecule has 0 saturated carbocycles. The number of carbonyl (C=O) groups is 3. The molecule has 0 atom stereocenters. The van der Waals surface area contributed by atoms with Crippen LogP contribution >= 0.6 is 0 Å². The lowest BCUT2D eigenvalue weighted by molar-refractivity contribution is -0.135. The Morgan fingerprint density at radius 2 is 1.42 bits per heavy atom. The van der Waals surface area contributed by atoms with Crippen molar-refractivity contribution in [3.05, 3.63) is 29.8 Å². The molecule has 2 amide bonds. The van der Waals surface area contributed by atoms with Gasteiger partial charge in [-0.25, -0.2) is 13.2 Å². The first-order valence-corrected chi connectivity index (χ1v) is 6.51. The van der Waals surface area contributed by atoms with E-state index in [4.69, 9.17) is 5.11 Å². The summed E-state index contributed by atoms with van der Waals surface area (Å²) in [7, 11) is -4.30. The van der Waals surface area contributed by atoms with Crippen molar-refractivity contribution in [2.75, 3.05) is 0 Å². The van der Waals surface area contributed by atoms with Crippen LogP contribution in [0.4, 0.5) is 0 Å². The fourth-order valence-electron chi connectivity index (χ4n) is 1.44. The van der Waals surface area contributed by atoms with Gasteiger partial charge in [-0.05, 0) is 24.3 Å². The summed E-state index contributed by atoms with van der Waals surface area (Å²) in [4.78, 5) is 32.7. The normalized spacial score (nSPS) is 10.8. The summed E-state index contributed by atoms with van der Waals surface area (Å²) < 4.78 is 24.2. The van der Waals surface area contributed by atoms with E-state index in [9.17, 15) is 22.8 Å². The number of hydrogen-bond donors (Lipinski definition) is 1. The number of aromatic carboxylic acids is 1. The first-order valence-electron chi connectivity index (χ1n) is 5.07. The van der Waals surface area contributed by atoms with Crippen molar-refractivity contribution >= 4 is 27.8 Å². The summed E-state index contributed by atoms with van der Waals surface area (Å²) in [5, 5.41) is 8.70. The molecule has 1 aromatic rings. The highest BCUT2D eigenvalue weighted by Crippen LogP contribution is 2.17. The minimum absolute atomic E-state index is 0.101. The number of carbonyl (C=O) groups excluding carboxylic acids is 2. The monoisotopic (exact) mass is 285 g/mol. The third kappa shape index (κ3) is 2.97. The van der Waals surface area contributed by atoms with Crippen LogP contribution in [-0.4, -0.2) is 35.6 Å². The lowest BCUT2D eigenvalue weighted by Gasteiger charge is -2.17. The molecule has 0 aliphatic rings. The largest absolute Gasteiger partial charge is 0.478 e. The predicted octanol–water partition coefficient (Wildman–Crippen LogP) is 0.469. The van der Waals surface area contributed by atoms with Crippen LogP contribution in [0, 0.1) is 0 Å². The van der Waals surface area contributed by atoms with Crippen molar-refractivity contribution in [1.29, 1.82) is 0 Å². The Morgan fingerprint density at radius 3 is 1.74 bits per heavy atom. The lowest BCUT2D eigenvalue weighted by atomic mass is 10.2. The first-order chi connectivity index (χ1) is 8.67. The smallest absolute Gasteiger partial charge is 0.335 e. The molecule has 1 rings (SSSR count). The third-order valence-corrected chi connectivity index (χ3v) is 4.07. The van der Waals surface area contributed by atoms with Crippen molar-refractivity contribution in [3.8, 4) is 0 Å². The molecule has 0 aliphatic heterocycles. The van der Waals surface area contributed by atoms with E-state index in [1.54, 1.807) is 0 Å². The van der Waals surface area contributed by atoms with Gasteiger partial charge < -0.3 is 5.11 Å². The van der Waals surface area contributed by atoms with Crippen molar-refractivity contribution < 1.29 is 27.9 Å². The van der Waals surface area contributed by atoms with E-state index in [0.717, 1.165) is 38.1 Å². The number of benzene rings is 1. The number of rotatable bonds is 3. The quantitative estimate of drug-likeness (QED) is 0.864. The van der Waals surface area contributed by atoms with Crippen LogP contribution in [0.5, 0.6) is 0 Å². The minimum Gasteiger partial charge on any atom is -0.478 e. The number of imide groups is 1. The van der Waals surface area contributed by atoms with Crippen LogP contribution in [0.15, 0.2) is 29.2 Å². The van der Waals surface area contributed by atoms with E-state index in [1.165, 1.54) is 0 Å². The van der Waals surface area contributed by atoms with Crippen LogP contribution in [0.3, 0.4) is 0 Å². The molecule has 0 aliphatic carbocycles. The molecule has 0 spiro atoms. The Balaban J connectivity index is 3.30. The molecule has 0 heterocycles. The maximum Gasteiger partial charge on any atom is 0.335 e. The van der Waals surface area contributed by atoms with Crippen molar-refractivity contribution in [3.63, 3.8) is 0 Å². The Kier molecular flexibility index (Phi) is 4.05. The molecule has 1 N–H and O–H groups in total. The number of hydrogen-bond acceptors (Lipinski definition) is 5. The van der Waals surface area contributed by atoms with Gasteiger partial charge in [-0.1, -0.05) is 0 Å². The van der Waals surface area contributed by atoms with Gasteiger partial charge >= 0.3 is 5.97 Å². The summed E-state index contributed by atoms with van der Waals surface area (Å²) in [6, 6.07) is 4.21. The maximum absolute atomic E-state index is 12.0. The summed E-state index contributed by atoms with van der Waals surface area (Å²) in [5.41, 5.74) is -0.101. The fourth-order valence-corrected chi connectivity index (χ4v) is 2.80. The van der Waals surface area contributed by atoms with E-state index < -0.39 is 27.8 Å². The van der Waals surface area contributed by atoms with Crippen molar-refractivity contribution in [2.24, 2.45) is 0 Å². The van der Waals surface area contributed by atoms with Crippen LogP contribution in [0.1, 0.15) is 24.2 Å². The van der Waals surface area contributed by atoms with Gasteiger partial charge in [0.25, 0.3) is 10.0 Å². The highest BCUT2D eigenvalue weighted by Gasteiger charge is 2.30. The zero-order chi connectivity index (χ0) is 14.8. The second-order valence-corrected chi connectivity index (χ2v) is 5.42. The first kappa shape index (κ1) is 14.8. The predicted molar refractivity (Wildman–Crippen MR) is 63.8 cm³/mol. The molecule has 0 radical (unpaired) electrons. The number of carboxylic acid groups (broad SMARTS) is 1. The minimum atomic E-state index is -4.30. The fraction of sp³-hybridized carbons (Fsp3) is 0.182. The van der Waals surface area contributed by atoms with Gasteiger partial charge in [-0.3, -0.25) is 9.59 Å². The summed E-state index contributed by atoms with van der Waals surface area (Å²) in [6.07, 6.45) is 0. The van der Waals surface area contributed by atoms with Crippen LogP contribution in [-0.2, 0) is 19.6 Å². The number of carboxylic acids is 1. The van der Waals surface area contributed by atoms with E-state index in [0.29, 0.717) is 0 Å². The average molecular weight is 285 g/mol. The summed E-state index contributed by atoms with van der Waals surface area (Å²) >= 11 is 0. The van der Waals surface area contributed by atoms with Gasteiger partial charge in [0.1, 0.15) is 0 Å². The molecule has 8 heteroatoms. The van der Waals surface area contributed by atoms with Gasteiger partial charge in [0.2, 0.25) is 11.8 Å². The van der Waals surface area contributed by atoms with E-state index in [2.05, 4.69) is 0 Å². The molecule has 1 aromatic carbocycles. The van der Waals surface area contributed by atoms with Crippen molar-refractivity contribution in [1.82, 2.24) is 4.31 Å². The van der Waals surface area contributed by atoms with Gasteiger partial charge in [0.15, 0.2) is 0 Å². The number of nitrogens with zero attached hydrogens (tertiary/aromatic N) is 1. The number of sulfonamides is 1. The Labute approximate surface area is 109 Å². The molecular formula is C11H11NO6S. The van der Waals surface area contributed by atoms with E-state index >= 15 is 0 Å². The molecular weight excluding hydrogens is 274 g/mol. The molecule has 7 nitrogen and oxygen atoms in total. The average Bonchev–Trinajstić information content (AvgIpc) is 2.27. The van der Waals surface area contributed by atoms with E-state index in [1.807, 2.05) is 0 Å². The maximum atomic E-state index is 12.0. The van der Waals surface area contributed by atoms with Gasteiger partial charge in [0, 0.05) is 13.8 Å². The topological polar surface area (TPSA) is 109 Å². The second-order valence-electron chi connectivity index (χ2n) is 3.64. The van der Waals surface area contributed by atoms with Crippen LogP contribution in [0.25, 0.3) is 0 Å². The van der Waals surface area contributed by atoms with Gasteiger partial charge in [-0.2, -0.15) is 4.31 Å². The molecule has 0 fully saturated rings. The zero-order valence-corrected chi connectivity index (χ0v) is 11.0. The highest BCUT2D eigenvalue weighted by atomic mass is 32.2. The van der Waals surface area contributed by atoms with Crippen LogP contribution < -0.4 is 0 Å². The van der Waals surface area contributed by atoms with Crippen LogP contribution in [0.2, 0.25) is 0 Å².